The van der Waals surface area contributed by atoms with Crippen LogP contribution in [0.25, 0.3) is 0 Å². The molecule has 0 aromatic heterocycles. The van der Waals surface area contributed by atoms with E-state index in [-0.39, 0.29) is 24.7 Å². The standard InChI is InChI=1S/C19H24N2O5S/c1-25-17-8-6-16(7-9-17)19(22)20-12-13-27(23,24)21-11-10-15-4-3-5-18(14-15)26-2/h3-9,14,21H,10-13H2,1-2H3,(H,20,22). The number of rotatable bonds is 10. The summed E-state index contributed by atoms with van der Waals surface area (Å²) in [5.41, 5.74) is 1.42. The zero-order chi connectivity index (χ0) is 19.7. The van der Waals surface area contributed by atoms with E-state index in [1.165, 1.54) is 0 Å². The Morgan fingerprint density at radius 1 is 0.963 bits per heavy atom. The molecular weight excluding hydrogens is 368 g/mol. The largest absolute Gasteiger partial charge is 0.497 e. The fourth-order valence-corrected chi connectivity index (χ4v) is 3.32. The van der Waals surface area contributed by atoms with Crippen molar-refractivity contribution in [1.82, 2.24) is 10.0 Å². The number of carbonyl (C=O) groups is 1. The highest BCUT2D eigenvalue weighted by Crippen LogP contribution is 2.13. The van der Waals surface area contributed by atoms with Gasteiger partial charge in [-0.3, -0.25) is 4.79 Å². The third-order valence-corrected chi connectivity index (χ3v) is 5.26. The average molecular weight is 392 g/mol. The van der Waals surface area contributed by atoms with Gasteiger partial charge in [-0.1, -0.05) is 12.1 Å². The van der Waals surface area contributed by atoms with Crippen molar-refractivity contribution in [2.24, 2.45) is 0 Å². The molecular formula is C19H24N2O5S. The van der Waals surface area contributed by atoms with Crippen LogP contribution in [0.3, 0.4) is 0 Å². The number of carbonyl (C=O) groups excluding carboxylic acids is 1. The number of amides is 1. The lowest BCUT2D eigenvalue weighted by atomic mass is 10.1. The van der Waals surface area contributed by atoms with Crippen LogP contribution in [0.15, 0.2) is 48.5 Å². The Morgan fingerprint density at radius 3 is 2.33 bits per heavy atom. The Morgan fingerprint density at radius 2 is 1.67 bits per heavy atom. The monoisotopic (exact) mass is 392 g/mol. The summed E-state index contributed by atoms with van der Waals surface area (Å²) in [6, 6.07) is 14.0. The highest BCUT2D eigenvalue weighted by atomic mass is 32.2. The number of nitrogens with one attached hydrogen (secondary N) is 2. The first-order valence-electron chi connectivity index (χ1n) is 8.46. The molecule has 0 atom stereocenters. The van der Waals surface area contributed by atoms with E-state index in [1.807, 2.05) is 24.3 Å². The molecule has 0 aliphatic carbocycles. The second-order valence-electron chi connectivity index (χ2n) is 5.80. The molecule has 2 aromatic carbocycles. The van der Waals surface area contributed by atoms with Crippen LogP contribution in [0.2, 0.25) is 0 Å². The van der Waals surface area contributed by atoms with E-state index < -0.39 is 10.0 Å². The molecule has 7 nitrogen and oxygen atoms in total. The van der Waals surface area contributed by atoms with E-state index in [1.54, 1.807) is 38.5 Å². The van der Waals surface area contributed by atoms with Crippen molar-refractivity contribution in [3.05, 3.63) is 59.7 Å². The van der Waals surface area contributed by atoms with E-state index >= 15 is 0 Å². The van der Waals surface area contributed by atoms with Crippen LogP contribution in [-0.4, -0.2) is 47.4 Å². The van der Waals surface area contributed by atoms with Gasteiger partial charge < -0.3 is 14.8 Å². The molecule has 0 spiro atoms. The number of hydrogen-bond donors (Lipinski definition) is 2. The fourth-order valence-electron chi connectivity index (χ4n) is 2.39. The predicted molar refractivity (Wildman–Crippen MR) is 104 cm³/mol. The summed E-state index contributed by atoms with van der Waals surface area (Å²) >= 11 is 0. The second kappa shape index (κ2) is 9.94. The minimum Gasteiger partial charge on any atom is -0.497 e. The molecule has 0 unspecified atom stereocenters. The third kappa shape index (κ3) is 6.92. The summed E-state index contributed by atoms with van der Waals surface area (Å²) in [4.78, 5) is 12.0. The highest BCUT2D eigenvalue weighted by Gasteiger charge is 2.11. The Hall–Kier alpha value is -2.58. The van der Waals surface area contributed by atoms with Crippen LogP contribution < -0.4 is 19.5 Å². The molecule has 0 aliphatic heterocycles. The quantitative estimate of drug-likeness (QED) is 0.641. The minimum atomic E-state index is -3.47. The maximum absolute atomic E-state index is 12.0. The van der Waals surface area contributed by atoms with Gasteiger partial charge in [-0.2, -0.15) is 0 Å². The lowest BCUT2D eigenvalue weighted by Gasteiger charge is -2.09. The number of ether oxygens (including phenoxy) is 2. The third-order valence-electron chi connectivity index (χ3n) is 3.88. The summed E-state index contributed by atoms with van der Waals surface area (Å²) in [5, 5.41) is 2.60. The lowest BCUT2D eigenvalue weighted by Crippen LogP contribution is -2.35. The Kier molecular flexibility index (Phi) is 7.63. The molecule has 146 valence electrons. The van der Waals surface area contributed by atoms with E-state index in [0.29, 0.717) is 17.7 Å². The van der Waals surface area contributed by atoms with E-state index in [2.05, 4.69) is 10.0 Å². The summed E-state index contributed by atoms with van der Waals surface area (Å²) in [7, 11) is -0.344. The molecule has 2 N–H and O–H groups in total. The molecule has 0 aliphatic rings. The molecule has 0 radical (unpaired) electrons. The number of methoxy groups -OCH3 is 2. The summed E-state index contributed by atoms with van der Waals surface area (Å²) in [6.45, 7) is 0.307. The van der Waals surface area contributed by atoms with Crippen LogP contribution >= 0.6 is 0 Å². The number of hydrogen-bond acceptors (Lipinski definition) is 5. The zero-order valence-corrected chi connectivity index (χ0v) is 16.2. The first-order chi connectivity index (χ1) is 12.9. The average Bonchev–Trinajstić information content (AvgIpc) is 2.68. The molecule has 8 heteroatoms. The SMILES string of the molecule is COc1ccc(C(=O)NCCS(=O)(=O)NCCc2cccc(OC)c2)cc1. The van der Waals surface area contributed by atoms with Gasteiger partial charge in [-0.15, -0.1) is 0 Å². The van der Waals surface area contributed by atoms with Gasteiger partial charge in [-0.05, 0) is 48.4 Å². The number of benzene rings is 2. The Labute approximate surface area is 159 Å². The minimum absolute atomic E-state index is 0.0271. The van der Waals surface area contributed by atoms with E-state index in [0.717, 1.165) is 11.3 Å². The van der Waals surface area contributed by atoms with Gasteiger partial charge in [-0.25, -0.2) is 13.1 Å². The van der Waals surface area contributed by atoms with Crippen LogP contribution in [0.1, 0.15) is 15.9 Å². The summed E-state index contributed by atoms with van der Waals surface area (Å²) in [6.07, 6.45) is 0.550. The van der Waals surface area contributed by atoms with E-state index in [9.17, 15) is 13.2 Å². The second-order valence-corrected chi connectivity index (χ2v) is 7.73. The van der Waals surface area contributed by atoms with Gasteiger partial charge in [0, 0.05) is 18.7 Å². The molecule has 0 heterocycles. The van der Waals surface area contributed by atoms with Crippen molar-refractivity contribution in [3.63, 3.8) is 0 Å². The normalized spacial score (nSPS) is 11.0. The van der Waals surface area contributed by atoms with Gasteiger partial charge >= 0.3 is 0 Å². The molecule has 0 saturated carbocycles. The topological polar surface area (TPSA) is 93.7 Å². The van der Waals surface area contributed by atoms with Gasteiger partial charge in [0.15, 0.2) is 0 Å². The van der Waals surface area contributed by atoms with Crippen LogP contribution in [0, 0.1) is 0 Å². The number of sulfonamides is 1. The maximum atomic E-state index is 12.0. The molecule has 0 fully saturated rings. The molecule has 2 aromatic rings. The Bertz CT molecular complexity index is 851. The lowest BCUT2D eigenvalue weighted by molar-refractivity contribution is 0.0956. The van der Waals surface area contributed by atoms with Gasteiger partial charge in [0.1, 0.15) is 11.5 Å². The smallest absolute Gasteiger partial charge is 0.251 e. The van der Waals surface area contributed by atoms with Gasteiger partial charge in [0.05, 0.1) is 20.0 Å². The van der Waals surface area contributed by atoms with Crippen LogP contribution in [-0.2, 0) is 16.4 Å². The van der Waals surface area contributed by atoms with E-state index in [4.69, 9.17) is 9.47 Å². The maximum Gasteiger partial charge on any atom is 0.251 e. The van der Waals surface area contributed by atoms with Crippen molar-refractivity contribution >= 4 is 15.9 Å². The summed E-state index contributed by atoms with van der Waals surface area (Å²) < 4.78 is 36.8. The molecule has 0 saturated heterocycles. The van der Waals surface area contributed by atoms with Crippen molar-refractivity contribution in [2.75, 3.05) is 33.1 Å². The molecule has 0 bridgehead atoms. The zero-order valence-electron chi connectivity index (χ0n) is 15.4. The van der Waals surface area contributed by atoms with Crippen molar-refractivity contribution < 1.29 is 22.7 Å². The first kappa shape index (κ1) is 20.7. The van der Waals surface area contributed by atoms with Crippen LogP contribution in [0.4, 0.5) is 0 Å². The highest BCUT2D eigenvalue weighted by molar-refractivity contribution is 7.89. The molecule has 1 amide bonds. The predicted octanol–water partition coefficient (Wildman–Crippen LogP) is 1.60. The van der Waals surface area contributed by atoms with Crippen molar-refractivity contribution in [3.8, 4) is 11.5 Å². The van der Waals surface area contributed by atoms with Crippen LogP contribution in [0.5, 0.6) is 11.5 Å². The molecule has 27 heavy (non-hydrogen) atoms. The molecule has 2 rings (SSSR count). The Balaban J connectivity index is 1.74. The first-order valence-corrected chi connectivity index (χ1v) is 10.1. The van der Waals surface area contributed by atoms with Gasteiger partial charge in [0.25, 0.3) is 5.91 Å². The van der Waals surface area contributed by atoms with Crippen molar-refractivity contribution in [2.45, 2.75) is 6.42 Å². The van der Waals surface area contributed by atoms with Gasteiger partial charge in [0.2, 0.25) is 10.0 Å². The fraction of sp³-hybridized carbons (Fsp3) is 0.316. The summed E-state index contributed by atoms with van der Waals surface area (Å²) in [5.74, 6) is 0.864. The van der Waals surface area contributed by atoms with Crippen molar-refractivity contribution in [1.29, 1.82) is 0 Å².